The van der Waals surface area contributed by atoms with Crippen molar-refractivity contribution in [3.05, 3.63) is 53.1 Å². The van der Waals surface area contributed by atoms with Crippen LogP contribution in [0.2, 0.25) is 0 Å². The average Bonchev–Trinajstić information content (AvgIpc) is 2.79. The summed E-state index contributed by atoms with van der Waals surface area (Å²) in [7, 11) is -1.17. The number of hydrogen-bond donors (Lipinski definition) is 1. The second-order valence-electron chi connectivity index (χ2n) is 7.80. The van der Waals surface area contributed by atoms with Gasteiger partial charge in [-0.2, -0.15) is 4.31 Å². The number of piperidine rings is 1. The minimum Gasteiger partial charge on any atom is -0.495 e. The van der Waals surface area contributed by atoms with Gasteiger partial charge in [0.2, 0.25) is 10.0 Å². The van der Waals surface area contributed by atoms with Crippen LogP contribution in [0.15, 0.2) is 41.3 Å². The van der Waals surface area contributed by atoms with Gasteiger partial charge in [-0.05, 0) is 62.6 Å². The number of amides is 1. The van der Waals surface area contributed by atoms with Gasteiger partial charge in [0.1, 0.15) is 10.6 Å². The van der Waals surface area contributed by atoms with E-state index in [0.29, 0.717) is 17.8 Å². The molecule has 8 nitrogen and oxygen atoms in total. The largest absolute Gasteiger partial charge is 0.495 e. The summed E-state index contributed by atoms with van der Waals surface area (Å²) in [6.45, 7) is 4.11. The number of esters is 1. The topological polar surface area (TPSA) is 102 Å². The molecule has 1 saturated heterocycles. The Balaban J connectivity index is 1.95. The lowest BCUT2D eigenvalue weighted by Crippen LogP contribution is -2.42. The molecule has 1 aliphatic heterocycles. The van der Waals surface area contributed by atoms with E-state index in [1.54, 1.807) is 19.1 Å². The van der Waals surface area contributed by atoms with Gasteiger partial charge in [-0.15, -0.1) is 0 Å². The Morgan fingerprint density at radius 3 is 2.44 bits per heavy atom. The van der Waals surface area contributed by atoms with Crippen LogP contribution < -0.4 is 10.1 Å². The lowest BCUT2D eigenvalue weighted by Gasteiger charge is -2.32. The standard InChI is InChI=1S/C23H28N2O6S/c1-15-8-9-18(23(27)31-4)13-19(15)24-22(26)17-10-11-20(30-3)21(14-17)32(28,29)25-12-6-5-7-16(25)2/h8-11,13-14,16H,5-7,12H2,1-4H3,(H,24,26). The predicted octanol–water partition coefficient (Wildman–Crippen LogP) is 3.61. The first kappa shape index (κ1) is 23.7. The molecular weight excluding hydrogens is 432 g/mol. The summed E-state index contributed by atoms with van der Waals surface area (Å²) in [6, 6.07) is 9.03. The van der Waals surface area contributed by atoms with Gasteiger partial charge in [-0.3, -0.25) is 4.79 Å². The fraction of sp³-hybridized carbons (Fsp3) is 0.391. The number of nitrogens with one attached hydrogen (secondary N) is 1. The molecule has 1 aliphatic rings. The number of benzene rings is 2. The molecule has 0 bridgehead atoms. The number of carbonyl (C=O) groups excluding carboxylic acids is 2. The number of nitrogens with zero attached hydrogens (tertiary/aromatic N) is 1. The third kappa shape index (κ3) is 4.78. The molecule has 0 saturated carbocycles. The molecule has 0 radical (unpaired) electrons. The number of hydrogen-bond acceptors (Lipinski definition) is 6. The van der Waals surface area contributed by atoms with E-state index in [4.69, 9.17) is 9.47 Å². The molecule has 1 unspecified atom stereocenters. The molecule has 0 aromatic heterocycles. The molecular formula is C23H28N2O6S. The van der Waals surface area contributed by atoms with E-state index in [1.807, 2.05) is 6.92 Å². The van der Waals surface area contributed by atoms with Crippen molar-refractivity contribution in [3.63, 3.8) is 0 Å². The third-order valence-corrected chi connectivity index (χ3v) is 7.70. The monoisotopic (exact) mass is 460 g/mol. The summed E-state index contributed by atoms with van der Waals surface area (Å²) < 4.78 is 38.3. The van der Waals surface area contributed by atoms with Gasteiger partial charge in [-0.25, -0.2) is 13.2 Å². The highest BCUT2D eigenvalue weighted by Gasteiger charge is 2.33. The van der Waals surface area contributed by atoms with Crippen LogP contribution in [0, 0.1) is 6.92 Å². The number of ether oxygens (including phenoxy) is 2. The van der Waals surface area contributed by atoms with Crippen LogP contribution in [0.25, 0.3) is 0 Å². The fourth-order valence-corrected chi connectivity index (χ4v) is 5.65. The molecule has 2 aromatic rings. The second kappa shape index (κ2) is 9.70. The Bertz CT molecular complexity index is 1130. The van der Waals surface area contributed by atoms with Crippen LogP contribution in [-0.4, -0.2) is 51.4 Å². The van der Waals surface area contributed by atoms with Gasteiger partial charge in [-0.1, -0.05) is 12.5 Å². The SMILES string of the molecule is COC(=O)c1ccc(C)c(NC(=O)c2ccc(OC)c(S(=O)(=O)N3CCCCC3C)c2)c1. The molecule has 9 heteroatoms. The fourth-order valence-electron chi connectivity index (χ4n) is 3.77. The van der Waals surface area contributed by atoms with E-state index in [0.717, 1.165) is 24.8 Å². The molecule has 1 fully saturated rings. The van der Waals surface area contributed by atoms with E-state index in [2.05, 4.69) is 5.32 Å². The van der Waals surface area contributed by atoms with Crippen molar-refractivity contribution in [2.24, 2.45) is 0 Å². The summed E-state index contributed by atoms with van der Waals surface area (Å²) in [5, 5.41) is 2.75. The van der Waals surface area contributed by atoms with Gasteiger partial charge in [0.05, 0.1) is 19.8 Å². The molecule has 32 heavy (non-hydrogen) atoms. The highest BCUT2D eigenvalue weighted by atomic mass is 32.2. The minimum absolute atomic E-state index is 0.0403. The Hall–Kier alpha value is -2.91. The summed E-state index contributed by atoms with van der Waals surface area (Å²) in [5.74, 6) is -0.835. The van der Waals surface area contributed by atoms with Crippen LogP contribution in [0.5, 0.6) is 5.75 Å². The lowest BCUT2D eigenvalue weighted by atomic mass is 10.1. The predicted molar refractivity (Wildman–Crippen MR) is 121 cm³/mol. The summed E-state index contributed by atoms with van der Waals surface area (Å²) >= 11 is 0. The van der Waals surface area contributed by atoms with Crippen molar-refractivity contribution in [3.8, 4) is 5.75 Å². The van der Waals surface area contributed by atoms with Crippen LogP contribution >= 0.6 is 0 Å². The maximum atomic E-state index is 13.4. The van der Waals surface area contributed by atoms with Crippen LogP contribution in [0.3, 0.4) is 0 Å². The number of aryl methyl sites for hydroxylation is 1. The van der Waals surface area contributed by atoms with Crippen molar-refractivity contribution < 1.29 is 27.5 Å². The Morgan fingerprint density at radius 2 is 1.78 bits per heavy atom. The van der Waals surface area contributed by atoms with Crippen LogP contribution in [0.1, 0.15) is 52.5 Å². The molecule has 172 valence electrons. The molecule has 0 spiro atoms. The van der Waals surface area contributed by atoms with E-state index >= 15 is 0 Å². The third-order valence-electron chi connectivity index (χ3n) is 5.66. The first-order chi connectivity index (χ1) is 15.2. The maximum Gasteiger partial charge on any atom is 0.337 e. The van der Waals surface area contributed by atoms with E-state index in [-0.39, 0.29) is 22.3 Å². The minimum atomic E-state index is -3.85. The second-order valence-corrected chi connectivity index (χ2v) is 9.66. The quantitative estimate of drug-likeness (QED) is 0.661. The molecule has 1 N–H and O–H groups in total. The van der Waals surface area contributed by atoms with Crippen LogP contribution in [-0.2, 0) is 14.8 Å². The van der Waals surface area contributed by atoms with Gasteiger partial charge in [0.15, 0.2) is 0 Å². The first-order valence-electron chi connectivity index (χ1n) is 10.4. The smallest absolute Gasteiger partial charge is 0.337 e. The van der Waals surface area contributed by atoms with Gasteiger partial charge in [0, 0.05) is 23.8 Å². The van der Waals surface area contributed by atoms with E-state index < -0.39 is 21.9 Å². The Kier molecular flexibility index (Phi) is 7.20. The number of methoxy groups -OCH3 is 2. The summed E-state index contributed by atoms with van der Waals surface area (Å²) in [4.78, 5) is 24.7. The van der Waals surface area contributed by atoms with E-state index in [9.17, 15) is 18.0 Å². The van der Waals surface area contributed by atoms with E-state index in [1.165, 1.54) is 42.8 Å². The highest BCUT2D eigenvalue weighted by molar-refractivity contribution is 7.89. The number of carbonyl (C=O) groups is 2. The zero-order valence-electron chi connectivity index (χ0n) is 18.7. The van der Waals surface area contributed by atoms with Crippen LogP contribution in [0.4, 0.5) is 5.69 Å². The summed E-state index contributed by atoms with van der Waals surface area (Å²) in [6.07, 6.45) is 2.57. The maximum absolute atomic E-state index is 13.4. The average molecular weight is 461 g/mol. The first-order valence-corrected chi connectivity index (χ1v) is 11.8. The molecule has 0 aliphatic carbocycles. The lowest BCUT2D eigenvalue weighted by molar-refractivity contribution is 0.0600. The summed E-state index contributed by atoms with van der Waals surface area (Å²) in [5.41, 5.74) is 1.64. The van der Waals surface area contributed by atoms with Gasteiger partial charge >= 0.3 is 5.97 Å². The Morgan fingerprint density at radius 1 is 1.06 bits per heavy atom. The normalized spacial score (nSPS) is 16.9. The van der Waals surface area contributed by atoms with Gasteiger partial charge in [0.25, 0.3) is 5.91 Å². The van der Waals surface area contributed by atoms with Crippen molar-refractivity contribution in [1.82, 2.24) is 4.31 Å². The number of rotatable bonds is 6. The van der Waals surface area contributed by atoms with Crippen molar-refractivity contribution in [2.75, 3.05) is 26.1 Å². The highest BCUT2D eigenvalue weighted by Crippen LogP contribution is 2.32. The molecule has 3 rings (SSSR count). The zero-order chi connectivity index (χ0) is 23.5. The van der Waals surface area contributed by atoms with Crippen molar-refractivity contribution in [1.29, 1.82) is 0 Å². The van der Waals surface area contributed by atoms with Crippen molar-refractivity contribution >= 4 is 27.6 Å². The molecule has 1 amide bonds. The number of anilines is 1. The molecule has 2 aromatic carbocycles. The Labute approximate surface area is 188 Å². The van der Waals surface area contributed by atoms with Crippen molar-refractivity contribution in [2.45, 2.75) is 44.0 Å². The molecule has 1 atom stereocenters. The molecule has 1 heterocycles. The zero-order valence-corrected chi connectivity index (χ0v) is 19.5. The number of sulfonamides is 1. The van der Waals surface area contributed by atoms with Gasteiger partial charge < -0.3 is 14.8 Å².